The van der Waals surface area contributed by atoms with Crippen LogP contribution in [0.4, 0.5) is 0 Å². The molecule has 0 bridgehead atoms. The maximum atomic E-state index is 11.7. The number of aromatic amines is 1. The van der Waals surface area contributed by atoms with Gasteiger partial charge in [-0.1, -0.05) is 6.07 Å². The van der Waals surface area contributed by atoms with Crippen LogP contribution in [0.1, 0.15) is 49.3 Å². The van der Waals surface area contributed by atoms with E-state index in [4.69, 9.17) is 9.47 Å². The summed E-state index contributed by atoms with van der Waals surface area (Å²) >= 11 is 0. The van der Waals surface area contributed by atoms with Gasteiger partial charge in [-0.3, -0.25) is 0 Å². The Morgan fingerprint density at radius 2 is 2.20 bits per heavy atom. The van der Waals surface area contributed by atoms with E-state index in [-0.39, 0.29) is 17.7 Å². The normalized spacial score (nSPS) is 20.6. The number of hydrogen-bond donors (Lipinski definition) is 1. The molecule has 1 aliphatic heterocycles. The zero-order valence-electron chi connectivity index (χ0n) is 12.0. The Morgan fingerprint density at radius 3 is 2.85 bits per heavy atom. The van der Waals surface area contributed by atoms with Crippen LogP contribution in [0, 0.1) is 0 Å². The number of hydrogen-bond acceptors (Lipinski definition) is 3. The lowest BCUT2D eigenvalue weighted by Gasteiger charge is -2.43. The first-order valence-corrected chi connectivity index (χ1v) is 6.96. The van der Waals surface area contributed by atoms with Gasteiger partial charge >= 0.3 is 5.97 Å². The molecule has 2 aromatic rings. The monoisotopic (exact) mass is 273 g/mol. The molecule has 106 valence electrons. The van der Waals surface area contributed by atoms with Gasteiger partial charge < -0.3 is 14.5 Å². The molecule has 1 atom stereocenters. The van der Waals surface area contributed by atoms with Crippen molar-refractivity contribution in [3.05, 3.63) is 35.5 Å². The highest BCUT2D eigenvalue weighted by atomic mass is 16.5. The van der Waals surface area contributed by atoms with Gasteiger partial charge in [-0.2, -0.15) is 0 Å². The summed E-state index contributed by atoms with van der Waals surface area (Å²) in [6.07, 6.45) is 1.18. The molecule has 2 heterocycles. The average molecular weight is 273 g/mol. The average Bonchev–Trinajstić information content (AvgIpc) is 2.78. The Labute approximate surface area is 118 Å². The molecule has 3 rings (SSSR count). The highest BCUT2D eigenvalue weighted by molar-refractivity contribution is 5.95. The zero-order chi connectivity index (χ0) is 14.3. The first-order chi connectivity index (χ1) is 9.48. The standard InChI is InChI=1S/C16H19NO3/c1-4-19-15(18)13-8-11-7-10(5-6-12(11)17-13)14-9-16(2,3)20-14/h5-8,14,17H,4,9H2,1-3H3/t14-/m0/s1. The summed E-state index contributed by atoms with van der Waals surface area (Å²) in [4.78, 5) is 14.8. The molecule has 1 N–H and O–H groups in total. The number of nitrogens with one attached hydrogen (secondary N) is 1. The topological polar surface area (TPSA) is 51.3 Å². The molecule has 0 aliphatic carbocycles. The molecule has 0 unspecified atom stereocenters. The van der Waals surface area contributed by atoms with Gasteiger partial charge in [0, 0.05) is 17.3 Å². The first-order valence-electron chi connectivity index (χ1n) is 6.96. The van der Waals surface area contributed by atoms with Crippen molar-refractivity contribution in [3.8, 4) is 0 Å². The van der Waals surface area contributed by atoms with Crippen LogP contribution in [0.15, 0.2) is 24.3 Å². The van der Waals surface area contributed by atoms with Crippen LogP contribution in [0.3, 0.4) is 0 Å². The third kappa shape index (κ3) is 2.31. The second kappa shape index (κ2) is 4.63. The van der Waals surface area contributed by atoms with E-state index in [1.54, 1.807) is 6.92 Å². The van der Waals surface area contributed by atoms with Crippen LogP contribution in [0.2, 0.25) is 0 Å². The summed E-state index contributed by atoms with van der Waals surface area (Å²) in [5.74, 6) is -0.314. The maximum Gasteiger partial charge on any atom is 0.354 e. The van der Waals surface area contributed by atoms with Gasteiger partial charge in [0.15, 0.2) is 0 Å². The summed E-state index contributed by atoms with van der Waals surface area (Å²) in [5, 5.41) is 1.01. The Morgan fingerprint density at radius 1 is 1.45 bits per heavy atom. The minimum atomic E-state index is -0.314. The number of rotatable bonds is 3. The zero-order valence-corrected chi connectivity index (χ0v) is 12.0. The molecule has 4 nitrogen and oxygen atoms in total. The molecule has 1 fully saturated rings. The Kier molecular flexibility index (Phi) is 3.05. The predicted octanol–water partition coefficient (Wildman–Crippen LogP) is 3.58. The molecule has 20 heavy (non-hydrogen) atoms. The van der Waals surface area contributed by atoms with Crippen LogP contribution < -0.4 is 0 Å². The quantitative estimate of drug-likeness (QED) is 0.869. The van der Waals surface area contributed by atoms with Crippen LogP contribution in [-0.4, -0.2) is 23.2 Å². The first kappa shape index (κ1) is 13.2. The predicted molar refractivity (Wildman–Crippen MR) is 76.8 cm³/mol. The molecule has 1 aliphatic rings. The van der Waals surface area contributed by atoms with Gasteiger partial charge in [0.1, 0.15) is 5.69 Å². The Bertz CT molecular complexity index is 649. The maximum absolute atomic E-state index is 11.7. The largest absolute Gasteiger partial charge is 0.461 e. The summed E-state index contributed by atoms with van der Waals surface area (Å²) in [7, 11) is 0. The molecule has 0 spiro atoms. The summed E-state index contributed by atoms with van der Waals surface area (Å²) < 4.78 is 10.9. The number of carbonyl (C=O) groups is 1. The second-order valence-electron chi connectivity index (χ2n) is 5.82. The number of ether oxygens (including phenoxy) is 2. The van der Waals surface area contributed by atoms with Crippen LogP contribution >= 0.6 is 0 Å². The SMILES string of the molecule is CCOC(=O)c1cc2cc([C@@H]3CC(C)(C)O3)ccc2[nH]1. The van der Waals surface area contributed by atoms with Gasteiger partial charge in [-0.15, -0.1) is 0 Å². The number of fused-ring (bicyclic) bond motifs is 1. The lowest BCUT2D eigenvalue weighted by atomic mass is 9.88. The van der Waals surface area contributed by atoms with Crippen molar-refractivity contribution in [2.45, 2.75) is 38.9 Å². The van der Waals surface area contributed by atoms with Crippen molar-refractivity contribution in [1.82, 2.24) is 4.98 Å². The number of aromatic nitrogens is 1. The lowest BCUT2D eigenvalue weighted by Crippen LogP contribution is -2.39. The van der Waals surface area contributed by atoms with Crippen molar-refractivity contribution < 1.29 is 14.3 Å². The van der Waals surface area contributed by atoms with Crippen LogP contribution in [0.25, 0.3) is 10.9 Å². The molecule has 4 heteroatoms. The van der Waals surface area contributed by atoms with Gasteiger partial charge in [-0.05, 0) is 44.5 Å². The van der Waals surface area contributed by atoms with E-state index >= 15 is 0 Å². The second-order valence-corrected chi connectivity index (χ2v) is 5.82. The number of esters is 1. The smallest absolute Gasteiger partial charge is 0.354 e. The molecular weight excluding hydrogens is 254 g/mol. The van der Waals surface area contributed by atoms with Crippen molar-refractivity contribution >= 4 is 16.9 Å². The third-order valence-electron chi connectivity index (χ3n) is 3.65. The van der Waals surface area contributed by atoms with E-state index < -0.39 is 0 Å². The van der Waals surface area contributed by atoms with E-state index in [0.717, 1.165) is 22.9 Å². The van der Waals surface area contributed by atoms with E-state index in [9.17, 15) is 4.79 Å². The van der Waals surface area contributed by atoms with Gasteiger partial charge in [0.05, 0.1) is 18.3 Å². The lowest BCUT2D eigenvalue weighted by molar-refractivity contribution is -0.187. The summed E-state index contributed by atoms with van der Waals surface area (Å²) in [5.41, 5.74) is 2.57. The minimum Gasteiger partial charge on any atom is -0.461 e. The van der Waals surface area contributed by atoms with E-state index in [2.05, 4.69) is 24.9 Å². The van der Waals surface area contributed by atoms with Crippen molar-refractivity contribution in [1.29, 1.82) is 0 Å². The fourth-order valence-electron chi connectivity index (χ4n) is 2.68. The van der Waals surface area contributed by atoms with Crippen LogP contribution in [0.5, 0.6) is 0 Å². The molecule has 0 amide bonds. The van der Waals surface area contributed by atoms with Gasteiger partial charge in [0.25, 0.3) is 0 Å². The minimum absolute atomic E-state index is 0.0200. The van der Waals surface area contributed by atoms with Gasteiger partial charge in [0.2, 0.25) is 0 Å². The van der Waals surface area contributed by atoms with Crippen molar-refractivity contribution in [3.63, 3.8) is 0 Å². The molecule has 1 aromatic heterocycles. The van der Waals surface area contributed by atoms with E-state index in [1.807, 2.05) is 18.2 Å². The highest BCUT2D eigenvalue weighted by Gasteiger charge is 2.38. The molecule has 1 aromatic carbocycles. The molecule has 0 saturated carbocycles. The molecule has 1 saturated heterocycles. The summed E-state index contributed by atoms with van der Waals surface area (Å²) in [6, 6.07) is 7.95. The Balaban J connectivity index is 1.86. The fraction of sp³-hybridized carbons (Fsp3) is 0.438. The number of benzene rings is 1. The molecule has 0 radical (unpaired) electrons. The summed E-state index contributed by atoms with van der Waals surface area (Å²) in [6.45, 7) is 6.37. The highest BCUT2D eigenvalue weighted by Crippen LogP contribution is 2.42. The third-order valence-corrected chi connectivity index (χ3v) is 3.65. The molecular formula is C16H19NO3. The fourth-order valence-corrected chi connectivity index (χ4v) is 2.68. The number of carbonyl (C=O) groups excluding carboxylic acids is 1. The van der Waals surface area contributed by atoms with Crippen molar-refractivity contribution in [2.24, 2.45) is 0 Å². The van der Waals surface area contributed by atoms with E-state index in [0.29, 0.717) is 12.3 Å². The number of H-pyrrole nitrogens is 1. The Hall–Kier alpha value is -1.81. The van der Waals surface area contributed by atoms with Crippen molar-refractivity contribution in [2.75, 3.05) is 6.61 Å². The van der Waals surface area contributed by atoms with E-state index in [1.165, 1.54) is 0 Å². The van der Waals surface area contributed by atoms with Gasteiger partial charge in [-0.25, -0.2) is 4.79 Å². The van der Waals surface area contributed by atoms with Crippen LogP contribution in [-0.2, 0) is 9.47 Å².